The lowest BCUT2D eigenvalue weighted by Gasteiger charge is -2.38. The molecule has 2 aliphatic heterocycles. The summed E-state index contributed by atoms with van der Waals surface area (Å²) in [4.78, 5) is 0. The first-order chi connectivity index (χ1) is 18.1. The Bertz CT molecular complexity index is 1260. The molecule has 7 heteroatoms. The van der Waals surface area contributed by atoms with E-state index in [2.05, 4.69) is 19.1 Å². The van der Waals surface area contributed by atoms with Crippen LogP contribution in [0.5, 0.6) is 23.0 Å². The molecule has 0 spiro atoms. The molecule has 0 amide bonds. The van der Waals surface area contributed by atoms with E-state index in [-0.39, 0.29) is 6.04 Å². The van der Waals surface area contributed by atoms with Crippen LogP contribution in [0.2, 0.25) is 5.02 Å². The van der Waals surface area contributed by atoms with Crippen molar-refractivity contribution < 1.29 is 18.9 Å². The maximum absolute atomic E-state index is 6.52. The third-order valence-corrected chi connectivity index (χ3v) is 6.96. The average Bonchev–Trinajstić information content (AvgIpc) is 3.37. The number of unbranched alkanes of at least 4 members (excludes halogenated alkanes) is 2. The number of hydrazone groups is 1. The summed E-state index contributed by atoms with van der Waals surface area (Å²) < 4.78 is 23.8. The van der Waals surface area contributed by atoms with Crippen molar-refractivity contribution in [1.29, 1.82) is 0 Å². The smallest absolute Gasteiger partial charge is 0.214 e. The first-order valence-corrected chi connectivity index (χ1v) is 13.3. The third-order valence-electron chi connectivity index (χ3n) is 6.73. The summed E-state index contributed by atoms with van der Waals surface area (Å²) in [5.74, 6) is 3.09. The zero-order valence-corrected chi connectivity index (χ0v) is 22.3. The van der Waals surface area contributed by atoms with Crippen LogP contribution in [0.3, 0.4) is 0 Å². The molecular formula is C30H33ClN2O4. The minimum Gasteiger partial charge on any atom is -0.494 e. The number of ether oxygens (including phenoxy) is 4. The molecule has 0 aromatic heterocycles. The quantitative estimate of drug-likeness (QED) is 0.258. The van der Waals surface area contributed by atoms with Crippen LogP contribution in [0.1, 0.15) is 68.5 Å². The van der Waals surface area contributed by atoms with Crippen LogP contribution < -0.4 is 18.9 Å². The van der Waals surface area contributed by atoms with Gasteiger partial charge in [-0.15, -0.1) is 0 Å². The van der Waals surface area contributed by atoms with Crippen molar-refractivity contribution in [3.63, 3.8) is 0 Å². The molecule has 2 atom stereocenters. The Kier molecular flexibility index (Phi) is 7.75. The monoisotopic (exact) mass is 520 g/mol. The van der Waals surface area contributed by atoms with Gasteiger partial charge >= 0.3 is 0 Å². The van der Waals surface area contributed by atoms with Crippen LogP contribution in [-0.4, -0.2) is 31.0 Å². The highest BCUT2D eigenvalue weighted by atomic mass is 35.5. The van der Waals surface area contributed by atoms with Crippen molar-refractivity contribution in [2.45, 2.75) is 51.8 Å². The van der Waals surface area contributed by atoms with Gasteiger partial charge < -0.3 is 18.9 Å². The molecule has 0 fully saturated rings. The summed E-state index contributed by atoms with van der Waals surface area (Å²) in [5, 5.41) is 7.78. The van der Waals surface area contributed by atoms with Gasteiger partial charge in [0.1, 0.15) is 11.5 Å². The highest BCUT2D eigenvalue weighted by Gasteiger charge is 2.41. The molecule has 0 radical (unpaired) electrons. The molecule has 0 saturated heterocycles. The van der Waals surface area contributed by atoms with Crippen molar-refractivity contribution in [2.75, 3.05) is 20.3 Å². The maximum atomic E-state index is 6.52. The number of hydrogen-bond donors (Lipinski definition) is 0. The Morgan fingerprint density at radius 1 is 0.973 bits per heavy atom. The summed E-state index contributed by atoms with van der Waals surface area (Å²) in [7, 11) is 1.66. The van der Waals surface area contributed by atoms with Gasteiger partial charge in [0, 0.05) is 22.6 Å². The third kappa shape index (κ3) is 5.35. The molecule has 0 unspecified atom stereocenters. The lowest BCUT2D eigenvalue weighted by Crippen LogP contribution is -2.33. The van der Waals surface area contributed by atoms with Gasteiger partial charge in [-0.05, 0) is 79.6 Å². The van der Waals surface area contributed by atoms with Crippen molar-refractivity contribution >= 4 is 17.3 Å². The van der Waals surface area contributed by atoms with Crippen LogP contribution >= 0.6 is 11.6 Å². The second kappa shape index (κ2) is 11.3. The number of halogens is 1. The first-order valence-electron chi connectivity index (χ1n) is 13.0. The Morgan fingerprint density at radius 2 is 1.81 bits per heavy atom. The largest absolute Gasteiger partial charge is 0.494 e. The van der Waals surface area contributed by atoms with Crippen molar-refractivity contribution in [1.82, 2.24) is 5.01 Å². The van der Waals surface area contributed by atoms with E-state index in [0.717, 1.165) is 65.3 Å². The first kappa shape index (κ1) is 25.3. The van der Waals surface area contributed by atoms with E-state index < -0.39 is 6.23 Å². The fraction of sp³-hybridized carbons (Fsp3) is 0.367. The molecule has 2 aliphatic rings. The van der Waals surface area contributed by atoms with E-state index in [4.69, 9.17) is 35.6 Å². The lowest BCUT2D eigenvalue weighted by molar-refractivity contribution is -0.0191. The molecule has 37 heavy (non-hydrogen) atoms. The van der Waals surface area contributed by atoms with Crippen LogP contribution in [-0.2, 0) is 0 Å². The molecule has 3 aromatic rings. The van der Waals surface area contributed by atoms with Crippen molar-refractivity contribution in [3.05, 3.63) is 82.4 Å². The van der Waals surface area contributed by atoms with Crippen LogP contribution in [0.4, 0.5) is 0 Å². The predicted octanol–water partition coefficient (Wildman–Crippen LogP) is 7.56. The summed E-state index contributed by atoms with van der Waals surface area (Å²) in [6.45, 7) is 5.47. The molecule has 0 N–H and O–H groups in total. The Morgan fingerprint density at radius 3 is 2.57 bits per heavy atom. The van der Waals surface area contributed by atoms with E-state index >= 15 is 0 Å². The van der Waals surface area contributed by atoms with Crippen LogP contribution in [0, 0.1) is 0 Å². The minimum absolute atomic E-state index is 0.00461. The zero-order chi connectivity index (χ0) is 25.8. The van der Waals surface area contributed by atoms with E-state index in [1.807, 2.05) is 60.5 Å². The highest BCUT2D eigenvalue weighted by molar-refractivity contribution is 6.30. The summed E-state index contributed by atoms with van der Waals surface area (Å²) in [6, 6.07) is 19.9. The molecule has 0 bridgehead atoms. The standard InChI is InChI=1S/C30H33ClN2O4/c1-4-6-7-16-36-28-14-10-21(17-29(28)34-3)30-33-26(24-18-22(31)11-15-27(24)37-30)19-25(32-33)20-8-12-23(13-9-20)35-5-2/h8-15,17-18,26,30H,4-7,16,19H2,1-3H3/t26-,30+/m0/s1. The van der Waals surface area contributed by atoms with E-state index in [1.54, 1.807) is 7.11 Å². The SMILES string of the molecule is CCCCCOc1ccc([C@H]2Oc3ccc(Cl)cc3[C@@H]3CC(c4ccc(OCC)cc4)=NN23)cc1OC. The van der Waals surface area contributed by atoms with Gasteiger partial charge in [0.05, 0.1) is 32.1 Å². The van der Waals surface area contributed by atoms with Crippen molar-refractivity contribution in [3.8, 4) is 23.0 Å². The molecule has 2 heterocycles. The lowest BCUT2D eigenvalue weighted by atomic mass is 9.96. The summed E-state index contributed by atoms with van der Waals surface area (Å²) in [5.41, 5.74) is 4.04. The molecule has 3 aromatic carbocycles. The van der Waals surface area contributed by atoms with Crippen LogP contribution in [0.15, 0.2) is 65.8 Å². The number of rotatable bonds is 10. The van der Waals surface area contributed by atoms with E-state index in [1.165, 1.54) is 0 Å². The fourth-order valence-corrected chi connectivity index (χ4v) is 5.03. The predicted molar refractivity (Wildman–Crippen MR) is 146 cm³/mol. The molecule has 194 valence electrons. The van der Waals surface area contributed by atoms with Crippen molar-refractivity contribution in [2.24, 2.45) is 5.10 Å². The van der Waals surface area contributed by atoms with Gasteiger partial charge in [0.2, 0.25) is 6.23 Å². The molecule has 0 aliphatic carbocycles. The number of fused-ring (bicyclic) bond motifs is 3. The summed E-state index contributed by atoms with van der Waals surface area (Å²) in [6.07, 6.45) is 3.65. The number of nitrogens with zero attached hydrogens (tertiary/aromatic N) is 2. The van der Waals surface area contributed by atoms with E-state index in [0.29, 0.717) is 24.0 Å². The number of hydrogen-bond acceptors (Lipinski definition) is 6. The number of methoxy groups -OCH3 is 1. The van der Waals surface area contributed by atoms with Crippen LogP contribution in [0.25, 0.3) is 0 Å². The fourth-order valence-electron chi connectivity index (χ4n) is 4.85. The maximum Gasteiger partial charge on any atom is 0.214 e. The van der Waals surface area contributed by atoms with Gasteiger partial charge in [-0.3, -0.25) is 0 Å². The second-order valence-electron chi connectivity index (χ2n) is 9.22. The molecule has 5 rings (SSSR count). The highest BCUT2D eigenvalue weighted by Crippen LogP contribution is 2.49. The Labute approximate surface area is 223 Å². The van der Waals surface area contributed by atoms with Gasteiger partial charge in [-0.2, -0.15) is 5.10 Å². The molecular weight excluding hydrogens is 488 g/mol. The molecule has 6 nitrogen and oxygen atoms in total. The second-order valence-corrected chi connectivity index (χ2v) is 9.66. The minimum atomic E-state index is -0.415. The Balaban J connectivity index is 1.47. The zero-order valence-electron chi connectivity index (χ0n) is 21.6. The molecule has 0 saturated carbocycles. The van der Waals surface area contributed by atoms with Gasteiger partial charge in [0.15, 0.2) is 11.5 Å². The van der Waals surface area contributed by atoms with E-state index in [9.17, 15) is 0 Å². The summed E-state index contributed by atoms with van der Waals surface area (Å²) >= 11 is 6.38. The normalized spacial score (nSPS) is 17.9. The Hall–Kier alpha value is -3.38. The average molecular weight is 521 g/mol. The van der Waals surface area contributed by atoms with Gasteiger partial charge in [-0.25, -0.2) is 5.01 Å². The topological polar surface area (TPSA) is 52.5 Å². The van der Waals surface area contributed by atoms with Gasteiger partial charge in [0.25, 0.3) is 0 Å². The number of benzene rings is 3. The van der Waals surface area contributed by atoms with Gasteiger partial charge in [-0.1, -0.05) is 31.4 Å².